The smallest absolute Gasteiger partial charge is 0.0677 e. The Kier molecular flexibility index (Phi) is 8.76. The van der Waals surface area contributed by atoms with Crippen LogP contribution in [-0.2, 0) is 17.7 Å². The third-order valence-electron chi connectivity index (χ3n) is 5.74. The van der Waals surface area contributed by atoms with E-state index in [9.17, 15) is 0 Å². The van der Waals surface area contributed by atoms with E-state index in [0.29, 0.717) is 13.0 Å². The number of nitriles is 1. The number of rotatable bonds is 13. The number of fused-ring (bicyclic) bond motifs is 1. The molecule has 0 saturated carbocycles. The molecule has 180 valence electrons. The number of nitrogens with zero attached hydrogens (tertiary/aromatic N) is 4. The average molecular weight is 470 g/mol. The fraction of sp³-hybridized carbons (Fsp3) is 0.333. The average Bonchev–Trinajstić information content (AvgIpc) is 3.34. The largest absolute Gasteiger partial charge is 0.382 e. The highest BCUT2D eigenvalue weighted by molar-refractivity contribution is 5.95. The molecule has 8 nitrogen and oxygen atoms in total. The predicted molar refractivity (Wildman–Crippen MR) is 138 cm³/mol. The monoisotopic (exact) mass is 469 g/mol. The molecule has 0 bridgehead atoms. The minimum Gasteiger partial charge on any atom is -0.382 e. The molecule has 0 saturated heterocycles. The summed E-state index contributed by atoms with van der Waals surface area (Å²) in [7, 11) is 0. The third-order valence-corrected chi connectivity index (χ3v) is 5.74. The van der Waals surface area contributed by atoms with Crippen molar-refractivity contribution in [2.75, 3.05) is 31.6 Å². The van der Waals surface area contributed by atoms with Crippen LogP contribution in [0.3, 0.4) is 0 Å². The fourth-order valence-electron chi connectivity index (χ4n) is 4.12. The van der Waals surface area contributed by atoms with Gasteiger partial charge in [-0.2, -0.15) is 20.6 Å². The molecule has 0 amide bonds. The van der Waals surface area contributed by atoms with E-state index in [4.69, 9.17) is 10.00 Å². The lowest BCUT2D eigenvalue weighted by Gasteiger charge is -2.11. The van der Waals surface area contributed by atoms with Crippen LogP contribution in [0.1, 0.15) is 29.5 Å². The van der Waals surface area contributed by atoms with Gasteiger partial charge in [0, 0.05) is 36.3 Å². The van der Waals surface area contributed by atoms with Crippen molar-refractivity contribution in [3.05, 3.63) is 71.7 Å². The van der Waals surface area contributed by atoms with Gasteiger partial charge in [0.2, 0.25) is 0 Å². The maximum Gasteiger partial charge on any atom is 0.0677 e. The van der Waals surface area contributed by atoms with Crippen LogP contribution in [0.25, 0.3) is 22.0 Å². The molecule has 0 aliphatic heterocycles. The molecule has 2 aromatic heterocycles. The summed E-state index contributed by atoms with van der Waals surface area (Å²) in [5, 5.41) is 32.0. The van der Waals surface area contributed by atoms with Crippen LogP contribution >= 0.6 is 0 Å². The van der Waals surface area contributed by atoms with E-state index in [1.54, 1.807) is 12.4 Å². The Hall–Kier alpha value is -3.80. The Morgan fingerprint density at radius 3 is 2.74 bits per heavy atom. The van der Waals surface area contributed by atoms with Crippen molar-refractivity contribution in [2.24, 2.45) is 0 Å². The second kappa shape index (κ2) is 12.6. The van der Waals surface area contributed by atoms with Crippen LogP contribution < -0.4 is 10.6 Å². The predicted octanol–water partition coefficient (Wildman–Crippen LogP) is 4.39. The van der Waals surface area contributed by atoms with Crippen molar-refractivity contribution in [3.63, 3.8) is 0 Å². The second-order valence-electron chi connectivity index (χ2n) is 8.57. The van der Waals surface area contributed by atoms with Gasteiger partial charge in [-0.25, -0.2) is 0 Å². The van der Waals surface area contributed by atoms with Crippen LogP contribution in [0.5, 0.6) is 0 Å². The minimum absolute atomic E-state index is 0.460. The minimum atomic E-state index is 0.460. The number of hydrogen-bond donors (Lipinski definition) is 3. The zero-order valence-corrected chi connectivity index (χ0v) is 20.1. The number of benzene rings is 2. The molecule has 0 spiro atoms. The van der Waals surface area contributed by atoms with Gasteiger partial charge >= 0.3 is 0 Å². The summed E-state index contributed by atoms with van der Waals surface area (Å²) < 4.78 is 5.82. The molecule has 0 atom stereocenters. The third kappa shape index (κ3) is 7.09. The molecular formula is C27H31N7O. The topological polar surface area (TPSA) is 112 Å². The first-order valence-electron chi connectivity index (χ1n) is 12.0. The molecule has 0 radical (unpaired) electrons. The Labute approximate surface area is 205 Å². The highest BCUT2D eigenvalue weighted by Crippen LogP contribution is 2.29. The summed E-state index contributed by atoms with van der Waals surface area (Å²) >= 11 is 0. The van der Waals surface area contributed by atoms with E-state index < -0.39 is 0 Å². The lowest BCUT2D eigenvalue weighted by molar-refractivity contribution is 0.140. The van der Waals surface area contributed by atoms with E-state index in [1.807, 2.05) is 12.3 Å². The number of aryl methyl sites for hydroxylation is 1. The van der Waals surface area contributed by atoms with Crippen LogP contribution in [0.4, 0.5) is 5.69 Å². The van der Waals surface area contributed by atoms with Crippen LogP contribution in [0.2, 0.25) is 0 Å². The second-order valence-corrected chi connectivity index (χ2v) is 8.57. The Morgan fingerprint density at radius 2 is 1.89 bits per heavy atom. The van der Waals surface area contributed by atoms with E-state index in [0.717, 1.165) is 72.4 Å². The van der Waals surface area contributed by atoms with E-state index in [-0.39, 0.29) is 0 Å². The van der Waals surface area contributed by atoms with Gasteiger partial charge in [0.05, 0.1) is 43.2 Å². The number of aromatic amines is 1. The summed E-state index contributed by atoms with van der Waals surface area (Å²) in [6.07, 6.45) is 7.81. The van der Waals surface area contributed by atoms with E-state index >= 15 is 0 Å². The summed E-state index contributed by atoms with van der Waals surface area (Å²) in [4.78, 5) is 0. The Balaban J connectivity index is 1.14. The van der Waals surface area contributed by atoms with Gasteiger partial charge in [0.25, 0.3) is 0 Å². The molecule has 0 fully saturated rings. The fourth-order valence-corrected chi connectivity index (χ4v) is 4.12. The SMILES string of the molecule is Cc1cc(CC#N)cc(CNCCCCOCCNc2cc(-c3ccnnc3)cc3[nH]ncc23)c1. The van der Waals surface area contributed by atoms with Crippen molar-refractivity contribution in [3.8, 4) is 17.2 Å². The van der Waals surface area contributed by atoms with Crippen molar-refractivity contribution in [1.29, 1.82) is 5.26 Å². The highest BCUT2D eigenvalue weighted by atomic mass is 16.5. The zero-order valence-electron chi connectivity index (χ0n) is 20.1. The van der Waals surface area contributed by atoms with Crippen LogP contribution in [-0.4, -0.2) is 46.7 Å². The lowest BCUT2D eigenvalue weighted by Crippen LogP contribution is -2.16. The van der Waals surface area contributed by atoms with Gasteiger partial charge in [0.1, 0.15) is 0 Å². The molecular weight excluding hydrogens is 438 g/mol. The molecule has 4 rings (SSSR count). The normalized spacial score (nSPS) is 11.0. The highest BCUT2D eigenvalue weighted by Gasteiger charge is 2.08. The lowest BCUT2D eigenvalue weighted by atomic mass is 10.0. The molecule has 0 unspecified atom stereocenters. The van der Waals surface area contributed by atoms with Gasteiger partial charge in [0.15, 0.2) is 0 Å². The van der Waals surface area contributed by atoms with Gasteiger partial charge in [-0.05, 0) is 61.2 Å². The molecule has 0 aliphatic rings. The zero-order chi connectivity index (χ0) is 24.3. The molecule has 2 aromatic carbocycles. The molecule has 0 aliphatic carbocycles. The standard InChI is InChI=1S/C27H31N7O/c1-20-12-21(4-6-28)14-22(13-20)17-29-7-2-3-10-35-11-9-30-26-15-24(23-5-8-31-32-18-23)16-27-25(26)19-33-34-27/h5,8,12-16,18-19,29-30H,2-4,7,9-11,17H2,1H3,(H,33,34). The van der Waals surface area contributed by atoms with Crippen LogP contribution in [0.15, 0.2) is 55.0 Å². The summed E-state index contributed by atoms with van der Waals surface area (Å²) in [6.45, 7) is 5.93. The molecule has 35 heavy (non-hydrogen) atoms. The van der Waals surface area contributed by atoms with Gasteiger partial charge < -0.3 is 15.4 Å². The van der Waals surface area contributed by atoms with E-state index in [1.165, 1.54) is 11.1 Å². The van der Waals surface area contributed by atoms with Gasteiger partial charge in [-0.15, -0.1) is 0 Å². The van der Waals surface area contributed by atoms with E-state index in [2.05, 4.69) is 74.4 Å². The number of anilines is 1. The quantitative estimate of drug-likeness (QED) is 0.249. The first-order chi connectivity index (χ1) is 17.2. The number of aromatic nitrogens is 4. The first kappa shape index (κ1) is 24.3. The Morgan fingerprint density at radius 1 is 0.971 bits per heavy atom. The Bertz CT molecular complexity index is 1260. The maximum atomic E-state index is 8.91. The van der Waals surface area contributed by atoms with Gasteiger partial charge in [-0.3, -0.25) is 5.10 Å². The van der Waals surface area contributed by atoms with Crippen molar-refractivity contribution >= 4 is 16.6 Å². The van der Waals surface area contributed by atoms with Crippen LogP contribution in [0, 0.1) is 18.3 Å². The number of ether oxygens (including phenoxy) is 1. The molecule has 3 N–H and O–H groups in total. The van der Waals surface area contributed by atoms with Gasteiger partial charge in [-0.1, -0.05) is 23.8 Å². The van der Waals surface area contributed by atoms with Crippen molar-refractivity contribution in [1.82, 2.24) is 25.7 Å². The molecule has 4 aromatic rings. The number of hydrogen-bond acceptors (Lipinski definition) is 7. The van der Waals surface area contributed by atoms with Crippen molar-refractivity contribution in [2.45, 2.75) is 32.7 Å². The van der Waals surface area contributed by atoms with Crippen molar-refractivity contribution < 1.29 is 4.74 Å². The number of nitrogens with one attached hydrogen (secondary N) is 3. The number of H-pyrrole nitrogens is 1. The summed E-state index contributed by atoms with van der Waals surface area (Å²) in [5.74, 6) is 0. The molecule has 2 heterocycles. The summed E-state index contributed by atoms with van der Waals surface area (Å²) in [5.41, 5.74) is 7.57. The maximum absolute atomic E-state index is 8.91. The first-order valence-corrected chi connectivity index (χ1v) is 12.0. The number of unbranched alkanes of at least 4 members (excludes halogenated alkanes) is 1. The summed E-state index contributed by atoms with van der Waals surface area (Å²) in [6, 6.07) is 14.7. The molecule has 8 heteroatoms.